The highest BCUT2D eigenvalue weighted by Gasteiger charge is 2.43. The molecule has 3 aliphatic rings. The molecule has 0 aromatic carbocycles. The summed E-state index contributed by atoms with van der Waals surface area (Å²) < 4.78 is 24.7. The number of sulfone groups is 1. The number of aliphatic hydroxyl groups is 2. The molecule has 3 aromatic rings. The molecule has 0 amide bonds. The quantitative estimate of drug-likeness (QED) is 0.325. The van der Waals surface area contributed by atoms with Gasteiger partial charge in [-0.3, -0.25) is 4.98 Å². The summed E-state index contributed by atoms with van der Waals surface area (Å²) in [5, 5.41) is 28.6. The van der Waals surface area contributed by atoms with Crippen LogP contribution in [0.5, 0.6) is 0 Å². The van der Waals surface area contributed by atoms with E-state index in [9.17, 15) is 18.6 Å². The van der Waals surface area contributed by atoms with Gasteiger partial charge in [0.2, 0.25) is 5.95 Å². The summed E-state index contributed by atoms with van der Waals surface area (Å²) in [6, 6.07) is 1.41. The first-order valence-corrected chi connectivity index (χ1v) is 15.3. The Labute approximate surface area is 213 Å². The van der Waals surface area contributed by atoms with Gasteiger partial charge >= 0.3 is 0 Å². The minimum absolute atomic E-state index is 0.178. The van der Waals surface area contributed by atoms with Crippen LogP contribution in [0.15, 0.2) is 18.5 Å². The van der Waals surface area contributed by atoms with E-state index in [1.165, 1.54) is 12.8 Å². The summed E-state index contributed by atoms with van der Waals surface area (Å²) in [4.78, 5) is 18.7. The standard InChI is InChI=1S/C24H30N6O4S2/c1-36(33,34)11-14-8-16(21(32)20(14)31)28-22-15(10-27-24(30-22)26-9-12-2-3-12)23-29-19-17(35-23)6-7-25-18(19)13-4-5-13/h6-7,10,12-14,16,20-21,31-32H,2-5,8-9,11H2,1H3,(H2,26,27,28,30)/t14-,16-,20-,21+/m1/s1. The number of nitrogens with one attached hydrogen (secondary N) is 2. The number of hydrogen-bond donors (Lipinski definition) is 4. The van der Waals surface area contributed by atoms with Crippen molar-refractivity contribution >= 4 is 43.2 Å². The molecule has 6 rings (SSSR count). The van der Waals surface area contributed by atoms with Gasteiger partial charge in [0.05, 0.1) is 33.9 Å². The average molecular weight is 531 g/mol. The van der Waals surface area contributed by atoms with Crippen LogP contribution in [0.4, 0.5) is 11.8 Å². The number of pyridine rings is 1. The summed E-state index contributed by atoms with van der Waals surface area (Å²) in [7, 11) is -3.30. The van der Waals surface area contributed by atoms with E-state index in [-0.39, 0.29) is 5.75 Å². The molecule has 4 atom stereocenters. The predicted octanol–water partition coefficient (Wildman–Crippen LogP) is 2.41. The number of anilines is 2. The van der Waals surface area contributed by atoms with Gasteiger partial charge in [-0.05, 0) is 44.1 Å². The van der Waals surface area contributed by atoms with E-state index in [1.807, 2.05) is 12.3 Å². The summed E-state index contributed by atoms with van der Waals surface area (Å²) in [6.45, 7) is 0.803. The van der Waals surface area contributed by atoms with E-state index in [4.69, 9.17) is 9.97 Å². The lowest BCUT2D eigenvalue weighted by Gasteiger charge is -2.20. The third-order valence-electron chi connectivity index (χ3n) is 7.21. The van der Waals surface area contributed by atoms with Crippen LogP contribution >= 0.6 is 11.3 Å². The van der Waals surface area contributed by atoms with E-state index in [0.717, 1.165) is 46.6 Å². The fraction of sp³-hybridized carbons (Fsp3) is 0.583. The summed E-state index contributed by atoms with van der Waals surface area (Å²) in [5.74, 6) is 1.36. The minimum Gasteiger partial charge on any atom is -0.390 e. The molecule has 0 saturated heterocycles. The lowest BCUT2D eigenvalue weighted by atomic mass is 10.1. The van der Waals surface area contributed by atoms with Crippen molar-refractivity contribution < 1.29 is 18.6 Å². The molecule has 4 N–H and O–H groups in total. The van der Waals surface area contributed by atoms with E-state index < -0.39 is 34.0 Å². The zero-order chi connectivity index (χ0) is 25.0. The maximum Gasteiger partial charge on any atom is 0.224 e. The second-order valence-corrected chi connectivity index (χ2v) is 13.7. The van der Waals surface area contributed by atoms with Crippen LogP contribution < -0.4 is 10.6 Å². The molecule has 0 aliphatic heterocycles. The normalized spacial score (nSPS) is 26.4. The van der Waals surface area contributed by atoms with Gasteiger partial charge in [0, 0.05) is 37.0 Å². The Balaban J connectivity index is 1.33. The molecule has 3 heterocycles. The maximum absolute atomic E-state index is 11.8. The molecular weight excluding hydrogens is 500 g/mol. The first-order chi connectivity index (χ1) is 17.2. The average Bonchev–Trinajstić information content (AvgIpc) is 3.76. The van der Waals surface area contributed by atoms with Crippen LogP contribution in [0, 0.1) is 11.8 Å². The lowest BCUT2D eigenvalue weighted by molar-refractivity contribution is 0.0216. The number of nitrogens with zero attached hydrogens (tertiary/aromatic N) is 4. The largest absolute Gasteiger partial charge is 0.390 e. The third-order valence-corrected chi connectivity index (χ3v) is 9.29. The number of fused-ring (bicyclic) bond motifs is 1. The van der Waals surface area contributed by atoms with Gasteiger partial charge in [-0.25, -0.2) is 18.4 Å². The summed E-state index contributed by atoms with van der Waals surface area (Å²) in [5.41, 5.74) is 2.64. The Morgan fingerprint density at radius 1 is 1.11 bits per heavy atom. The smallest absolute Gasteiger partial charge is 0.224 e. The molecule has 36 heavy (non-hydrogen) atoms. The van der Waals surface area contributed by atoms with Crippen LogP contribution in [0.1, 0.15) is 43.7 Å². The molecule has 0 spiro atoms. The second-order valence-electron chi connectivity index (χ2n) is 10.4. The van der Waals surface area contributed by atoms with Gasteiger partial charge in [0.15, 0.2) is 0 Å². The Bertz CT molecular complexity index is 1390. The number of aromatic nitrogens is 4. The van der Waals surface area contributed by atoms with Gasteiger partial charge in [0.25, 0.3) is 0 Å². The van der Waals surface area contributed by atoms with Crippen LogP contribution in [0.3, 0.4) is 0 Å². The first-order valence-electron chi connectivity index (χ1n) is 12.4. The molecule has 3 fully saturated rings. The van der Waals surface area contributed by atoms with E-state index in [2.05, 4.69) is 20.6 Å². The van der Waals surface area contributed by atoms with Gasteiger partial charge in [-0.2, -0.15) is 4.98 Å². The molecule has 0 bridgehead atoms. The second kappa shape index (κ2) is 9.16. The Hall–Kier alpha value is -2.41. The third kappa shape index (κ3) is 5.04. The summed E-state index contributed by atoms with van der Waals surface area (Å²) in [6.07, 6.45) is 7.42. The van der Waals surface area contributed by atoms with Crippen molar-refractivity contribution in [3.05, 3.63) is 24.2 Å². The van der Waals surface area contributed by atoms with Crippen molar-refractivity contribution in [3.63, 3.8) is 0 Å². The molecule has 3 aromatic heterocycles. The van der Waals surface area contributed by atoms with Gasteiger partial charge in [-0.15, -0.1) is 11.3 Å². The minimum atomic E-state index is -3.30. The zero-order valence-corrected chi connectivity index (χ0v) is 21.6. The van der Waals surface area contributed by atoms with Gasteiger partial charge < -0.3 is 20.8 Å². The Morgan fingerprint density at radius 2 is 1.92 bits per heavy atom. The zero-order valence-electron chi connectivity index (χ0n) is 20.0. The molecule has 0 unspecified atom stereocenters. The molecule has 0 radical (unpaired) electrons. The molecule has 10 nitrogen and oxygen atoms in total. The molecule has 3 aliphatic carbocycles. The highest BCUT2D eigenvalue weighted by atomic mass is 32.2. The van der Waals surface area contributed by atoms with Crippen molar-refractivity contribution in [2.24, 2.45) is 11.8 Å². The van der Waals surface area contributed by atoms with Crippen molar-refractivity contribution in [1.82, 2.24) is 19.9 Å². The van der Waals surface area contributed by atoms with Crippen LogP contribution in [-0.2, 0) is 9.84 Å². The molecular formula is C24H30N6O4S2. The van der Waals surface area contributed by atoms with Crippen molar-refractivity contribution in [2.45, 2.75) is 56.3 Å². The van der Waals surface area contributed by atoms with Crippen LogP contribution in [0.25, 0.3) is 20.8 Å². The van der Waals surface area contributed by atoms with E-state index in [1.54, 1.807) is 17.5 Å². The first kappa shape index (κ1) is 24.0. The molecule has 192 valence electrons. The van der Waals surface area contributed by atoms with Gasteiger partial charge in [-0.1, -0.05) is 0 Å². The maximum atomic E-state index is 11.8. The van der Waals surface area contributed by atoms with E-state index >= 15 is 0 Å². The Morgan fingerprint density at radius 3 is 2.64 bits per heavy atom. The van der Waals surface area contributed by atoms with Crippen molar-refractivity contribution in [2.75, 3.05) is 29.2 Å². The number of thiazole rings is 1. The number of rotatable bonds is 9. The monoisotopic (exact) mass is 530 g/mol. The fourth-order valence-corrected chi connectivity index (χ4v) is 7.03. The van der Waals surface area contributed by atoms with Crippen LogP contribution in [-0.4, -0.2) is 75.4 Å². The van der Waals surface area contributed by atoms with Crippen molar-refractivity contribution in [1.29, 1.82) is 0 Å². The molecule has 3 saturated carbocycles. The van der Waals surface area contributed by atoms with Crippen LogP contribution in [0.2, 0.25) is 0 Å². The number of aliphatic hydroxyl groups excluding tert-OH is 2. The molecule has 12 heteroatoms. The van der Waals surface area contributed by atoms with E-state index in [0.29, 0.717) is 35.6 Å². The van der Waals surface area contributed by atoms with Crippen molar-refractivity contribution in [3.8, 4) is 10.6 Å². The highest BCUT2D eigenvalue weighted by Crippen LogP contribution is 2.44. The highest BCUT2D eigenvalue weighted by molar-refractivity contribution is 7.90. The Kier molecular flexibility index (Phi) is 6.09. The fourth-order valence-electron chi connectivity index (χ4n) is 4.93. The predicted molar refractivity (Wildman–Crippen MR) is 139 cm³/mol. The van der Waals surface area contributed by atoms with Gasteiger partial charge in [0.1, 0.15) is 32.3 Å². The SMILES string of the molecule is CS(=O)(=O)C[C@H]1C[C@@H](Nc2nc(NCC3CC3)ncc2-c2nc3c(C4CC4)nccc3s2)[C@H](O)[C@@H]1O. The topological polar surface area (TPSA) is 150 Å². The summed E-state index contributed by atoms with van der Waals surface area (Å²) >= 11 is 1.54. The lowest BCUT2D eigenvalue weighted by Crippen LogP contribution is -2.36. The number of hydrogen-bond acceptors (Lipinski definition) is 11.